The van der Waals surface area contributed by atoms with Gasteiger partial charge in [0.15, 0.2) is 0 Å². The maximum atomic E-state index is 2.29. The van der Waals surface area contributed by atoms with E-state index in [-0.39, 0.29) is 0 Å². The van der Waals surface area contributed by atoms with E-state index in [4.69, 9.17) is 0 Å². The number of hydrogen-bond donors (Lipinski definition) is 0. The van der Waals surface area contributed by atoms with Crippen LogP contribution in [0.5, 0.6) is 0 Å². The van der Waals surface area contributed by atoms with E-state index in [1.54, 1.807) is 22.7 Å². The van der Waals surface area contributed by atoms with E-state index in [0.29, 0.717) is 0 Å². The number of thiophene rings is 2. The first kappa shape index (κ1) is 13.7. The highest BCUT2D eigenvalue weighted by atomic mass is 32.3. The first-order chi connectivity index (χ1) is 9.87. The Hall–Kier alpha value is 0.0200. The van der Waals surface area contributed by atoms with Crippen LogP contribution in [0, 0.1) is 0 Å². The minimum Gasteiger partial charge on any atom is -0.144 e. The molecule has 4 heterocycles. The van der Waals surface area contributed by atoms with Gasteiger partial charge in [-0.15, -0.1) is 22.7 Å². The van der Waals surface area contributed by atoms with Crippen LogP contribution < -0.4 is 0 Å². The Balaban J connectivity index is 1.47. The standard InChI is InChI=1S/C14H8S6/c1-3-9(15-5-1)7-11-17-13-14(18-11)20-12(19-13)8-10-4-2-6-16-10/h1-8H. The summed E-state index contributed by atoms with van der Waals surface area (Å²) in [5.41, 5.74) is 0. The van der Waals surface area contributed by atoms with Crippen LogP contribution in [0.15, 0.2) is 52.0 Å². The van der Waals surface area contributed by atoms with Crippen LogP contribution in [0.4, 0.5) is 0 Å². The molecule has 0 saturated carbocycles. The van der Waals surface area contributed by atoms with Crippen LogP contribution in [0.25, 0.3) is 12.2 Å². The Bertz CT molecular complexity index is 621. The molecule has 6 heteroatoms. The molecule has 0 N–H and O–H groups in total. The zero-order valence-electron chi connectivity index (χ0n) is 10.1. The van der Waals surface area contributed by atoms with Crippen LogP contribution in [0.1, 0.15) is 9.75 Å². The highest BCUT2D eigenvalue weighted by Crippen LogP contribution is 2.67. The molecule has 20 heavy (non-hydrogen) atoms. The minimum absolute atomic E-state index is 1.34. The van der Waals surface area contributed by atoms with Crippen molar-refractivity contribution in [1.29, 1.82) is 0 Å². The Morgan fingerprint density at radius 2 is 1.10 bits per heavy atom. The topological polar surface area (TPSA) is 0 Å². The largest absolute Gasteiger partial charge is 0.144 e. The highest BCUT2D eigenvalue weighted by Gasteiger charge is 2.29. The SMILES string of the molecule is C(=C1SC2=C(S1)SC(=Cc1cccs1)S2)c1cccs1. The molecule has 2 aliphatic heterocycles. The molecule has 0 amide bonds. The molecule has 0 radical (unpaired) electrons. The van der Waals surface area contributed by atoms with Crippen molar-refractivity contribution in [2.45, 2.75) is 0 Å². The second-order valence-corrected chi connectivity index (χ2v) is 11.1. The zero-order chi connectivity index (χ0) is 13.4. The van der Waals surface area contributed by atoms with Crippen LogP contribution in [-0.2, 0) is 0 Å². The predicted molar refractivity (Wildman–Crippen MR) is 102 cm³/mol. The Morgan fingerprint density at radius 1 is 0.650 bits per heavy atom. The summed E-state index contributed by atoms with van der Waals surface area (Å²) < 4.78 is 5.69. The van der Waals surface area contributed by atoms with E-state index in [2.05, 4.69) is 47.2 Å². The molecule has 0 unspecified atom stereocenters. The number of thioether (sulfide) groups is 4. The fourth-order valence-corrected chi connectivity index (χ4v) is 9.51. The molecule has 2 aliphatic rings. The van der Waals surface area contributed by atoms with E-state index in [0.717, 1.165) is 0 Å². The molecule has 0 aromatic carbocycles. The Morgan fingerprint density at radius 3 is 1.45 bits per heavy atom. The monoisotopic (exact) mass is 368 g/mol. The summed E-state index contributed by atoms with van der Waals surface area (Å²) in [4.78, 5) is 2.68. The summed E-state index contributed by atoms with van der Waals surface area (Å²) in [5.74, 6) is 0. The summed E-state index contributed by atoms with van der Waals surface area (Å²) in [6, 6.07) is 8.55. The molecule has 2 aromatic heterocycles. The molecule has 100 valence electrons. The van der Waals surface area contributed by atoms with Crippen LogP contribution in [-0.4, -0.2) is 0 Å². The average Bonchev–Trinajstić information content (AvgIpc) is 3.14. The van der Waals surface area contributed by atoms with Gasteiger partial charge in [-0.1, -0.05) is 59.2 Å². The third-order valence-corrected chi connectivity index (χ3v) is 9.54. The van der Waals surface area contributed by atoms with Gasteiger partial charge in [0.1, 0.15) is 0 Å². The molecule has 2 aromatic rings. The average molecular weight is 369 g/mol. The fourth-order valence-electron chi connectivity index (χ4n) is 1.71. The summed E-state index contributed by atoms with van der Waals surface area (Å²) in [6.07, 6.45) is 4.59. The second-order valence-electron chi connectivity index (χ2n) is 3.94. The van der Waals surface area contributed by atoms with Crippen LogP contribution in [0.2, 0.25) is 0 Å². The van der Waals surface area contributed by atoms with E-state index in [1.807, 2.05) is 47.0 Å². The van der Waals surface area contributed by atoms with Crippen molar-refractivity contribution in [2.24, 2.45) is 0 Å². The number of hydrogen-bond acceptors (Lipinski definition) is 6. The van der Waals surface area contributed by atoms with Crippen LogP contribution >= 0.6 is 69.7 Å². The molecule has 0 bridgehead atoms. The third kappa shape index (κ3) is 2.96. The van der Waals surface area contributed by atoms with E-state index in [1.165, 1.54) is 26.7 Å². The van der Waals surface area contributed by atoms with E-state index >= 15 is 0 Å². The van der Waals surface area contributed by atoms with E-state index < -0.39 is 0 Å². The molecular formula is C14H8S6. The highest BCUT2D eigenvalue weighted by molar-refractivity contribution is 8.48. The van der Waals surface area contributed by atoms with Gasteiger partial charge in [-0.05, 0) is 35.0 Å². The minimum atomic E-state index is 1.34. The molecule has 0 aliphatic carbocycles. The zero-order valence-corrected chi connectivity index (χ0v) is 15.0. The predicted octanol–water partition coefficient (Wildman–Crippen LogP) is 7.19. The maximum Gasteiger partial charge on any atom is 0.0716 e. The van der Waals surface area contributed by atoms with Gasteiger partial charge in [0.05, 0.1) is 16.9 Å². The molecule has 0 nitrogen and oxygen atoms in total. The second kappa shape index (κ2) is 6.02. The fraction of sp³-hybridized carbons (Fsp3) is 0. The van der Waals surface area contributed by atoms with Crippen molar-refractivity contribution in [3.63, 3.8) is 0 Å². The summed E-state index contributed by atoms with van der Waals surface area (Å²) in [6.45, 7) is 0. The number of rotatable bonds is 2. The normalized spacial score (nSPS) is 17.8. The van der Waals surface area contributed by atoms with Gasteiger partial charge in [0.2, 0.25) is 0 Å². The van der Waals surface area contributed by atoms with Gasteiger partial charge in [-0.25, -0.2) is 0 Å². The molecule has 0 spiro atoms. The lowest BCUT2D eigenvalue weighted by molar-refractivity contribution is 1.96. The first-order valence-corrected chi connectivity index (χ1v) is 10.9. The van der Waals surface area contributed by atoms with Crippen molar-refractivity contribution < 1.29 is 0 Å². The molecular weight excluding hydrogens is 361 g/mol. The van der Waals surface area contributed by atoms with Crippen molar-refractivity contribution in [2.75, 3.05) is 0 Å². The molecule has 0 fully saturated rings. The van der Waals surface area contributed by atoms with Gasteiger partial charge in [0.25, 0.3) is 0 Å². The first-order valence-electron chi connectivity index (χ1n) is 5.83. The van der Waals surface area contributed by atoms with Crippen molar-refractivity contribution in [1.82, 2.24) is 0 Å². The van der Waals surface area contributed by atoms with Gasteiger partial charge < -0.3 is 0 Å². The summed E-state index contributed by atoms with van der Waals surface area (Å²) >= 11 is 11.2. The van der Waals surface area contributed by atoms with Crippen molar-refractivity contribution in [3.8, 4) is 0 Å². The Labute approximate surface area is 142 Å². The van der Waals surface area contributed by atoms with Gasteiger partial charge in [-0.2, -0.15) is 0 Å². The van der Waals surface area contributed by atoms with Crippen molar-refractivity contribution in [3.05, 3.63) is 61.7 Å². The molecule has 0 atom stereocenters. The van der Waals surface area contributed by atoms with Gasteiger partial charge >= 0.3 is 0 Å². The maximum absolute atomic E-state index is 2.29. The van der Waals surface area contributed by atoms with Gasteiger partial charge in [0, 0.05) is 9.75 Å². The lowest BCUT2D eigenvalue weighted by Gasteiger charge is -2.01. The van der Waals surface area contributed by atoms with Gasteiger partial charge in [-0.3, -0.25) is 0 Å². The summed E-state index contributed by atoms with van der Waals surface area (Å²) in [7, 11) is 0. The molecule has 4 rings (SSSR count). The lowest BCUT2D eigenvalue weighted by atomic mass is 10.5. The quantitative estimate of drug-likeness (QED) is 0.549. The van der Waals surface area contributed by atoms with E-state index in [9.17, 15) is 0 Å². The van der Waals surface area contributed by atoms with Crippen molar-refractivity contribution >= 4 is 81.9 Å². The third-order valence-electron chi connectivity index (χ3n) is 2.55. The summed E-state index contributed by atoms with van der Waals surface area (Å²) in [5, 5.41) is 4.26. The lowest BCUT2D eigenvalue weighted by Crippen LogP contribution is -1.67. The van der Waals surface area contributed by atoms with Crippen LogP contribution in [0.3, 0.4) is 0 Å². The Kier molecular flexibility index (Phi) is 4.12. The molecule has 0 saturated heterocycles. The smallest absolute Gasteiger partial charge is 0.0716 e.